The largest absolute Gasteiger partial charge is 0.497 e. The molecule has 0 fully saturated rings. The molecule has 3 aromatic rings. The van der Waals surface area contributed by atoms with E-state index in [0.717, 1.165) is 21.5 Å². The summed E-state index contributed by atoms with van der Waals surface area (Å²) in [6.07, 6.45) is 0. The number of fused-ring (bicyclic) bond motifs is 1. The van der Waals surface area contributed by atoms with Gasteiger partial charge < -0.3 is 14.6 Å². The van der Waals surface area contributed by atoms with Gasteiger partial charge in [0.05, 0.1) is 12.4 Å². The number of anilines is 1. The Morgan fingerprint density at radius 3 is 2.46 bits per heavy atom. The number of benzene rings is 3. The molecule has 132 valence electrons. The van der Waals surface area contributed by atoms with Gasteiger partial charge in [0, 0.05) is 15.7 Å². The van der Waals surface area contributed by atoms with Crippen molar-refractivity contribution in [3.8, 4) is 11.5 Å². The number of hydrogen-bond acceptors (Lipinski definition) is 4. The first kappa shape index (κ1) is 17.2. The Morgan fingerprint density at radius 1 is 1.04 bits per heavy atom. The van der Waals surface area contributed by atoms with Crippen molar-refractivity contribution in [1.29, 1.82) is 0 Å². The van der Waals surface area contributed by atoms with E-state index in [1.165, 1.54) is 0 Å². The minimum Gasteiger partial charge on any atom is -0.497 e. The Labute approximate surface area is 160 Å². The average molecular weight is 430 g/mol. The zero-order valence-corrected chi connectivity index (χ0v) is 16.5. The molecule has 0 aliphatic carbocycles. The predicted octanol–water partition coefficient (Wildman–Crippen LogP) is 5.56. The van der Waals surface area contributed by atoms with Crippen molar-refractivity contribution in [2.24, 2.45) is 0 Å². The average Bonchev–Trinajstić information content (AvgIpc) is 2.96. The molecular formula is C20H17BrNO3P. The van der Waals surface area contributed by atoms with Gasteiger partial charge >= 0.3 is 7.37 Å². The SMILES string of the molecule is COc1ccc(N[C@@H]2c3cc(Br)ccc3OP2(=O)c2ccccc2)cc1. The summed E-state index contributed by atoms with van der Waals surface area (Å²) in [5.74, 6) is 0.949. The maximum atomic E-state index is 13.9. The highest BCUT2D eigenvalue weighted by Crippen LogP contribution is 2.65. The molecule has 1 heterocycles. The maximum absolute atomic E-state index is 13.9. The van der Waals surface area contributed by atoms with Crippen LogP contribution in [0.5, 0.6) is 11.5 Å². The quantitative estimate of drug-likeness (QED) is 0.551. The van der Waals surface area contributed by atoms with Gasteiger partial charge in [0.15, 0.2) is 0 Å². The van der Waals surface area contributed by atoms with Gasteiger partial charge in [0.2, 0.25) is 0 Å². The van der Waals surface area contributed by atoms with Crippen LogP contribution in [0, 0.1) is 0 Å². The molecule has 1 aliphatic heterocycles. The molecule has 6 heteroatoms. The first-order chi connectivity index (χ1) is 12.6. The second-order valence-corrected chi connectivity index (χ2v) is 9.31. The van der Waals surface area contributed by atoms with Gasteiger partial charge in [-0.3, -0.25) is 4.57 Å². The lowest BCUT2D eigenvalue weighted by Gasteiger charge is -2.22. The summed E-state index contributed by atoms with van der Waals surface area (Å²) in [4.78, 5) is 0. The van der Waals surface area contributed by atoms with Crippen LogP contribution in [0.2, 0.25) is 0 Å². The topological polar surface area (TPSA) is 47.6 Å². The molecule has 2 atom stereocenters. The van der Waals surface area contributed by atoms with E-state index in [9.17, 15) is 4.57 Å². The van der Waals surface area contributed by atoms with Crippen molar-refractivity contribution in [2.75, 3.05) is 12.4 Å². The molecular weight excluding hydrogens is 413 g/mol. The van der Waals surface area contributed by atoms with Crippen LogP contribution in [0.25, 0.3) is 0 Å². The van der Waals surface area contributed by atoms with E-state index in [1.807, 2.05) is 72.8 Å². The fourth-order valence-electron chi connectivity index (χ4n) is 3.04. The molecule has 4 rings (SSSR count). The Hall–Kier alpha value is -2.23. The number of rotatable bonds is 4. The van der Waals surface area contributed by atoms with E-state index >= 15 is 0 Å². The van der Waals surface area contributed by atoms with E-state index in [0.29, 0.717) is 11.1 Å². The van der Waals surface area contributed by atoms with Crippen molar-refractivity contribution in [3.05, 3.63) is 82.8 Å². The van der Waals surface area contributed by atoms with Gasteiger partial charge in [-0.25, -0.2) is 0 Å². The maximum Gasteiger partial charge on any atom is 0.303 e. The first-order valence-electron chi connectivity index (χ1n) is 8.15. The highest BCUT2D eigenvalue weighted by atomic mass is 79.9. The lowest BCUT2D eigenvalue weighted by atomic mass is 10.2. The van der Waals surface area contributed by atoms with Crippen LogP contribution in [0.15, 0.2) is 77.3 Å². The third kappa shape index (κ3) is 3.02. The number of halogens is 1. The van der Waals surface area contributed by atoms with E-state index in [1.54, 1.807) is 7.11 Å². The Morgan fingerprint density at radius 2 is 1.77 bits per heavy atom. The molecule has 0 saturated heterocycles. The normalized spacial score (nSPS) is 20.9. The summed E-state index contributed by atoms with van der Waals surface area (Å²) in [6.45, 7) is 0. The third-order valence-corrected chi connectivity index (χ3v) is 7.42. The summed E-state index contributed by atoms with van der Waals surface area (Å²) in [6, 6.07) is 22.6. The molecule has 26 heavy (non-hydrogen) atoms. The smallest absolute Gasteiger partial charge is 0.303 e. The van der Waals surface area contributed by atoms with Crippen LogP contribution in [0.3, 0.4) is 0 Å². The zero-order valence-electron chi connectivity index (χ0n) is 14.1. The number of nitrogens with one attached hydrogen (secondary N) is 1. The number of ether oxygens (including phenoxy) is 1. The van der Waals surface area contributed by atoms with Crippen LogP contribution < -0.4 is 19.9 Å². The van der Waals surface area contributed by atoms with Crippen LogP contribution in [0.1, 0.15) is 11.3 Å². The lowest BCUT2D eigenvalue weighted by molar-refractivity contribution is 0.415. The minimum absolute atomic E-state index is 0.467. The van der Waals surface area contributed by atoms with Gasteiger partial charge in [0.1, 0.15) is 17.3 Å². The van der Waals surface area contributed by atoms with Crippen molar-refractivity contribution < 1.29 is 13.8 Å². The second-order valence-electron chi connectivity index (χ2n) is 5.98. The highest BCUT2D eigenvalue weighted by molar-refractivity contribution is 9.10. The fourth-order valence-corrected chi connectivity index (χ4v) is 5.86. The molecule has 1 N–H and O–H groups in total. The van der Waals surface area contributed by atoms with Crippen molar-refractivity contribution in [2.45, 2.75) is 5.78 Å². The highest BCUT2D eigenvalue weighted by Gasteiger charge is 2.46. The summed E-state index contributed by atoms with van der Waals surface area (Å²) in [5, 5.41) is 4.09. The molecule has 1 unspecified atom stereocenters. The standard InChI is InChI=1S/C20H17BrNO3P/c1-24-16-10-8-15(9-11-16)22-20-18-13-14(21)7-12-19(18)25-26(20,23)17-5-3-2-4-6-17/h2-13,20,22H,1H3/t20-,26?/m0/s1. The molecule has 0 radical (unpaired) electrons. The Bertz CT molecular complexity index is 976. The fraction of sp³-hybridized carbons (Fsp3) is 0.100. The van der Waals surface area contributed by atoms with E-state index in [2.05, 4.69) is 21.2 Å². The monoisotopic (exact) mass is 429 g/mol. The summed E-state index contributed by atoms with van der Waals surface area (Å²) >= 11 is 3.50. The lowest BCUT2D eigenvalue weighted by Crippen LogP contribution is -2.16. The zero-order chi connectivity index (χ0) is 18.1. The number of hydrogen-bond donors (Lipinski definition) is 1. The Balaban J connectivity index is 1.78. The second kappa shape index (κ2) is 6.82. The van der Waals surface area contributed by atoms with E-state index in [4.69, 9.17) is 9.26 Å². The molecule has 1 aliphatic rings. The molecule has 0 aromatic heterocycles. The molecule has 3 aromatic carbocycles. The molecule has 4 nitrogen and oxygen atoms in total. The predicted molar refractivity (Wildman–Crippen MR) is 108 cm³/mol. The van der Waals surface area contributed by atoms with Crippen molar-refractivity contribution >= 4 is 34.3 Å². The molecule has 0 amide bonds. The van der Waals surface area contributed by atoms with E-state index < -0.39 is 13.2 Å². The summed E-state index contributed by atoms with van der Waals surface area (Å²) in [5.41, 5.74) is 1.73. The van der Waals surface area contributed by atoms with Crippen LogP contribution in [-0.2, 0) is 4.57 Å². The van der Waals surface area contributed by atoms with Gasteiger partial charge in [-0.2, -0.15) is 0 Å². The van der Waals surface area contributed by atoms with Crippen molar-refractivity contribution in [3.63, 3.8) is 0 Å². The molecule has 0 saturated carbocycles. The van der Waals surface area contributed by atoms with Gasteiger partial charge in [0.25, 0.3) is 0 Å². The number of methoxy groups -OCH3 is 1. The van der Waals surface area contributed by atoms with Crippen LogP contribution >= 0.6 is 23.3 Å². The van der Waals surface area contributed by atoms with Gasteiger partial charge in [-0.15, -0.1) is 0 Å². The molecule has 0 spiro atoms. The van der Waals surface area contributed by atoms with Gasteiger partial charge in [-0.05, 0) is 54.6 Å². The molecule has 0 bridgehead atoms. The summed E-state index contributed by atoms with van der Waals surface area (Å²) in [7, 11) is -1.55. The minimum atomic E-state index is -3.18. The Kier molecular flexibility index (Phi) is 4.51. The van der Waals surface area contributed by atoms with Crippen molar-refractivity contribution in [1.82, 2.24) is 0 Å². The van der Waals surface area contributed by atoms with Crippen LogP contribution in [-0.4, -0.2) is 7.11 Å². The van der Waals surface area contributed by atoms with E-state index in [-0.39, 0.29) is 0 Å². The van der Waals surface area contributed by atoms with Crippen LogP contribution in [0.4, 0.5) is 5.69 Å². The summed E-state index contributed by atoms with van der Waals surface area (Å²) < 4.78 is 26.1. The van der Waals surface area contributed by atoms with Gasteiger partial charge in [-0.1, -0.05) is 34.1 Å². The first-order valence-corrected chi connectivity index (χ1v) is 10.6. The third-order valence-electron chi connectivity index (χ3n) is 4.35.